The Hall–Kier alpha value is -1.60. The zero-order chi connectivity index (χ0) is 17.3. The van der Waals surface area contributed by atoms with Crippen molar-refractivity contribution in [3.05, 3.63) is 34.9 Å². The molecule has 1 aliphatic heterocycles. The molecular formula is C15H16ClF3N2O2. The van der Waals surface area contributed by atoms with Gasteiger partial charge in [-0.2, -0.15) is 23.3 Å². The van der Waals surface area contributed by atoms with E-state index in [1.54, 1.807) is 6.07 Å². The zero-order valence-electron chi connectivity index (χ0n) is 12.4. The van der Waals surface area contributed by atoms with E-state index in [9.17, 15) is 23.1 Å². The molecule has 0 bridgehead atoms. The molecule has 126 valence electrons. The van der Waals surface area contributed by atoms with E-state index in [0.29, 0.717) is 12.8 Å². The number of rotatable bonds is 4. The number of hydrazone groups is 1. The van der Waals surface area contributed by atoms with Crippen LogP contribution < -0.4 is 0 Å². The van der Waals surface area contributed by atoms with E-state index < -0.39 is 24.2 Å². The van der Waals surface area contributed by atoms with E-state index in [1.165, 1.54) is 18.2 Å². The number of carbonyl (C=O) groups is 1. The molecule has 0 spiro atoms. The molecule has 1 aliphatic rings. The molecule has 0 radical (unpaired) electrons. The quantitative estimate of drug-likeness (QED) is 0.894. The molecule has 0 aromatic heterocycles. The minimum atomic E-state index is -5.03. The Morgan fingerprint density at radius 2 is 2.09 bits per heavy atom. The molecule has 1 heterocycles. The van der Waals surface area contributed by atoms with Crippen LogP contribution >= 0.6 is 11.6 Å². The number of hydrogen-bond donors (Lipinski definition) is 1. The van der Waals surface area contributed by atoms with Crippen LogP contribution in [0.1, 0.15) is 43.0 Å². The van der Waals surface area contributed by atoms with Crippen molar-refractivity contribution in [1.82, 2.24) is 5.01 Å². The second-order valence-electron chi connectivity index (χ2n) is 5.36. The molecule has 0 aliphatic carbocycles. The normalized spacial score (nSPS) is 21.5. The lowest BCUT2D eigenvalue weighted by atomic mass is 10.0. The fourth-order valence-corrected chi connectivity index (χ4v) is 2.54. The van der Waals surface area contributed by atoms with Gasteiger partial charge in [0.1, 0.15) is 0 Å². The third-order valence-electron chi connectivity index (χ3n) is 3.61. The van der Waals surface area contributed by atoms with Crippen LogP contribution in [0.15, 0.2) is 29.4 Å². The average molecular weight is 349 g/mol. The minimum Gasteiger partial charge on any atom is -0.362 e. The molecule has 2 rings (SSSR count). The van der Waals surface area contributed by atoms with Crippen molar-refractivity contribution in [2.75, 3.05) is 0 Å². The third-order valence-corrected chi connectivity index (χ3v) is 3.94. The Balaban J connectivity index is 2.40. The zero-order valence-corrected chi connectivity index (χ0v) is 13.2. The van der Waals surface area contributed by atoms with E-state index in [4.69, 9.17) is 11.6 Å². The molecule has 1 atom stereocenters. The Labute approximate surface area is 136 Å². The summed E-state index contributed by atoms with van der Waals surface area (Å²) in [5, 5.41) is 13.9. The van der Waals surface area contributed by atoms with Crippen molar-refractivity contribution in [2.24, 2.45) is 5.10 Å². The van der Waals surface area contributed by atoms with Gasteiger partial charge in [-0.15, -0.1) is 0 Å². The molecular weight excluding hydrogens is 333 g/mol. The van der Waals surface area contributed by atoms with Crippen molar-refractivity contribution in [1.29, 1.82) is 0 Å². The molecule has 0 fully saturated rings. The Morgan fingerprint density at radius 1 is 1.43 bits per heavy atom. The molecule has 8 heteroatoms. The van der Waals surface area contributed by atoms with Gasteiger partial charge in [-0.25, -0.2) is 0 Å². The van der Waals surface area contributed by atoms with Gasteiger partial charge >= 0.3 is 6.18 Å². The van der Waals surface area contributed by atoms with Gasteiger partial charge in [-0.1, -0.05) is 37.1 Å². The highest BCUT2D eigenvalue weighted by atomic mass is 35.5. The lowest BCUT2D eigenvalue weighted by molar-refractivity contribution is -0.297. The van der Waals surface area contributed by atoms with Crippen LogP contribution in [0.3, 0.4) is 0 Å². The maximum Gasteiger partial charge on any atom is 0.438 e. The predicted octanol–water partition coefficient (Wildman–Crippen LogP) is 3.98. The van der Waals surface area contributed by atoms with Crippen molar-refractivity contribution >= 4 is 23.2 Å². The van der Waals surface area contributed by atoms with Crippen LogP contribution in [0.5, 0.6) is 0 Å². The first kappa shape index (κ1) is 17.7. The van der Waals surface area contributed by atoms with Gasteiger partial charge in [0, 0.05) is 12.1 Å². The smallest absolute Gasteiger partial charge is 0.362 e. The lowest BCUT2D eigenvalue weighted by Gasteiger charge is -2.32. The third kappa shape index (κ3) is 3.35. The number of hydrogen-bond acceptors (Lipinski definition) is 3. The number of nitrogens with zero attached hydrogens (tertiary/aromatic N) is 2. The van der Waals surface area contributed by atoms with Crippen molar-refractivity contribution in [3.8, 4) is 0 Å². The number of carbonyl (C=O) groups excluding carboxylic acids is 1. The Morgan fingerprint density at radius 3 is 2.65 bits per heavy atom. The second kappa shape index (κ2) is 6.49. The fourth-order valence-electron chi connectivity index (χ4n) is 2.32. The maximum atomic E-state index is 13.3. The molecule has 1 N–H and O–H groups in total. The standard InChI is InChI=1S/C15H16ClF3N2O2/c1-2-3-6-10-9-14(23,15(17,18)19)21(20-10)13(22)11-7-4-5-8-12(11)16/h4-5,7-8,23H,2-3,6,9H2,1H3. The van der Waals surface area contributed by atoms with Gasteiger partial charge in [0.05, 0.1) is 10.6 Å². The Kier molecular flexibility index (Phi) is 5.01. The number of amides is 1. The molecule has 23 heavy (non-hydrogen) atoms. The van der Waals surface area contributed by atoms with Gasteiger partial charge in [0.2, 0.25) is 0 Å². The lowest BCUT2D eigenvalue weighted by Crippen LogP contribution is -2.56. The van der Waals surface area contributed by atoms with Gasteiger partial charge < -0.3 is 5.11 Å². The first-order valence-electron chi connectivity index (χ1n) is 7.15. The van der Waals surface area contributed by atoms with Gasteiger partial charge in [-0.05, 0) is 25.0 Å². The van der Waals surface area contributed by atoms with Crippen LogP contribution in [0, 0.1) is 0 Å². The topological polar surface area (TPSA) is 52.9 Å². The van der Waals surface area contributed by atoms with Crippen molar-refractivity contribution in [2.45, 2.75) is 44.5 Å². The first-order chi connectivity index (χ1) is 10.7. The van der Waals surface area contributed by atoms with Crippen LogP contribution in [-0.2, 0) is 0 Å². The summed E-state index contributed by atoms with van der Waals surface area (Å²) < 4.78 is 40.0. The number of benzene rings is 1. The van der Waals surface area contributed by atoms with E-state index in [-0.39, 0.29) is 21.3 Å². The summed E-state index contributed by atoms with van der Waals surface area (Å²) in [4.78, 5) is 12.4. The van der Waals surface area contributed by atoms with E-state index in [0.717, 1.165) is 6.42 Å². The maximum absolute atomic E-state index is 13.3. The van der Waals surface area contributed by atoms with E-state index >= 15 is 0 Å². The summed E-state index contributed by atoms with van der Waals surface area (Å²) in [6, 6.07) is 5.71. The monoisotopic (exact) mass is 348 g/mol. The second-order valence-corrected chi connectivity index (χ2v) is 5.76. The van der Waals surface area contributed by atoms with Crippen LogP contribution in [0.4, 0.5) is 13.2 Å². The van der Waals surface area contributed by atoms with Crippen LogP contribution in [0.2, 0.25) is 5.02 Å². The minimum absolute atomic E-state index is 0.000710. The SMILES string of the molecule is CCCCC1=NN(C(=O)c2ccccc2Cl)C(O)(C(F)(F)F)C1. The van der Waals surface area contributed by atoms with Gasteiger partial charge in [0.25, 0.3) is 11.6 Å². The first-order valence-corrected chi connectivity index (χ1v) is 7.53. The summed E-state index contributed by atoms with van der Waals surface area (Å²) in [5.41, 5.74) is -3.34. The Bertz CT molecular complexity index is 633. The average Bonchev–Trinajstić information content (AvgIpc) is 2.83. The van der Waals surface area contributed by atoms with Crippen molar-refractivity contribution < 1.29 is 23.1 Å². The van der Waals surface area contributed by atoms with Crippen molar-refractivity contribution in [3.63, 3.8) is 0 Å². The van der Waals surface area contributed by atoms with Gasteiger partial charge in [0.15, 0.2) is 0 Å². The van der Waals surface area contributed by atoms with Crippen LogP contribution in [0.25, 0.3) is 0 Å². The molecule has 1 aromatic rings. The summed E-state index contributed by atoms with van der Waals surface area (Å²) in [5.74, 6) is -1.08. The number of aliphatic hydroxyl groups is 1. The molecule has 1 unspecified atom stereocenters. The molecule has 4 nitrogen and oxygen atoms in total. The highest BCUT2D eigenvalue weighted by Gasteiger charge is 2.63. The molecule has 1 amide bonds. The van der Waals surface area contributed by atoms with E-state index in [1.807, 2.05) is 6.92 Å². The summed E-state index contributed by atoms with van der Waals surface area (Å²) >= 11 is 5.87. The largest absolute Gasteiger partial charge is 0.438 e. The number of alkyl halides is 3. The summed E-state index contributed by atoms with van der Waals surface area (Å²) in [6.07, 6.45) is -4.09. The van der Waals surface area contributed by atoms with Crippen LogP contribution in [-0.4, -0.2) is 33.6 Å². The highest BCUT2D eigenvalue weighted by molar-refractivity contribution is 6.33. The molecule has 1 aromatic carbocycles. The highest BCUT2D eigenvalue weighted by Crippen LogP contribution is 2.42. The summed E-state index contributed by atoms with van der Waals surface area (Å²) in [6.45, 7) is 1.89. The fraction of sp³-hybridized carbons (Fsp3) is 0.467. The number of unbranched alkanes of at least 4 members (excludes halogenated alkanes) is 1. The van der Waals surface area contributed by atoms with Gasteiger partial charge in [-0.3, -0.25) is 4.79 Å². The predicted molar refractivity (Wildman–Crippen MR) is 80.2 cm³/mol. The molecule has 0 saturated carbocycles. The van der Waals surface area contributed by atoms with E-state index in [2.05, 4.69) is 5.10 Å². The summed E-state index contributed by atoms with van der Waals surface area (Å²) in [7, 11) is 0. The number of halogens is 4. The molecule has 0 saturated heterocycles.